The van der Waals surface area contributed by atoms with Gasteiger partial charge in [-0.15, -0.1) is 0 Å². The first-order valence-corrected chi connectivity index (χ1v) is 6.42. The van der Waals surface area contributed by atoms with Gasteiger partial charge < -0.3 is 4.98 Å². The molecule has 0 radical (unpaired) electrons. The molecule has 0 aliphatic heterocycles. The highest BCUT2D eigenvalue weighted by Gasteiger charge is 2.09. The first-order chi connectivity index (χ1) is 9.19. The Balaban J connectivity index is 2.18. The number of fused-ring (bicyclic) bond motifs is 1. The Hall–Kier alpha value is -2.16. The number of halogens is 1. The molecule has 0 saturated heterocycles. The van der Waals surface area contributed by atoms with E-state index in [1.807, 2.05) is 18.3 Å². The van der Waals surface area contributed by atoms with Gasteiger partial charge in [0.15, 0.2) is 0 Å². The van der Waals surface area contributed by atoms with Crippen molar-refractivity contribution < 1.29 is 4.39 Å². The summed E-state index contributed by atoms with van der Waals surface area (Å²) in [7, 11) is 0. The molecule has 2 aromatic heterocycles. The third-order valence-electron chi connectivity index (χ3n) is 3.49. The normalized spacial score (nSPS) is 11.1. The number of aromatic nitrogens is 2. The molecule has 19 heavy (non-hydrogen) atoms. The van der Waals surface area contributed by atoms with Gasteiger partial charge in [0, 0.05) is 22.8 Å². The third-order valence-corrected chi connectivity index (χ3v) is 3.49. The molecule has 0 aliphatic rings. The summed E-state index contributed by atoms with van der Waals surface area (Å²) < 4.78 is 13.6. The van der Waals surface area contributed by atoms with Crippen LogP contribution in [0.15, 0.2) is 36.5 Å². The second kappa shape index (κ2) is 4.50. The van der Waals surface area contributed by atoms with Crippen LogP contribution < -0.4 is 0 Å². The Morgan fingerprint density at radius 2 is 2.11 bits per heavy atom. The van der Waals surface area contributed by atoms with Crippen LogP contribution in [-0.4, -0.2) is 9.97 Å². The van der Waals surface area contributed by atoms with Crippen molar-refractivity contribution in [3.63, 3.8) is 0 Å². The van der Waals surface area contributed by atoms with Crippen molar-refractivity contribution >= 4 is 11.0 Å². The van der Waals surface area contributed by atoms with E-state index in [1.54, 1.807) is 13.0 Å². The molecule has 0 unspecified atom stereocenters. The van der Waals surface area contributed by atoms with Crippen LogP contribution in [0.2, 0.25) is 0 Å². The van der Waals surface area contributed by atoms with E-state index < -0.39 is 0 Å². The molecule has 0 spiro atoms. The number of nitrogens with zero attached hydrogens (tertiary/aromatic N) is 1. The minimum Gasteiger partial charge on any atom is -0.339 e. The van der Waals surface area contributed by atoms with E-state index in [0.29, 0.717) is 5.56 Å². The van der Waals surface area contributed by atoms with Crippen molar-refractivity contribution in [2.45, 2.75) is 20.3 Å². The Labute approximate surface area is 111 Å². The lowest BCUT2D eigenvalue weighted by atomic mass is 10.1. The summed E-state index contributed by atoms with van der Waals surface area (Å²) >= 11 is 0. The molecule has 0 fully saturated rings. The Kier molecular flexibility index (Phi) is 2.82. The molecule has 0 amide bonds. The lowest BCUT2D eigenvalue weighted by Gasteiger charge is -2.03. The summed E-state index contributed by atoms with van der Waals surface area (Å²) in [6, 6.07) is 9.28. The molecule has 1 aromatic carbocycles. The molecular formula is C16H15FN2. The first-order valence-electron chi connectivity index (χ1n) is 6.42. The Bertz CT molecular complexity index is 744. The highest BCUT2D eigenvalue weighted by Crippen LogP contribution is 2.27. The van der Waals surface area contributed by atoms with Gasteiger partial charge in [0.05, 0.1) is 0 Å². The Morgan fingerprint density at radius 3 is 2.89 bits per heavy atom. The molecular weight excluding hydrogens is 239 g/mol. The number of rotatable bonds is 2. The molecule has 3 heteroatoms. The highest BCUT2D eigenvalue weighted by molar-refractivity contribution is 5.84. The number of aromatic amines is 1. The molecule has 2 heterocycles. The average Bonchev–Trinajstić information content (AvgIpc) is 2.84. The average molecular weight is 254 g/mol. The zero-order chi connectivity index (χ0) is 13.4. The van der Waals surface area contributed by atoms with Gasteiger partial charge in [0.25, 0.3) is 0 Å². The number of nitrogens with one attached hydrogen (secondary N) is 1. The van der Waals surface area contributed by atoms with E-state index in [1.165, 1.54) is 11.6 Å². The van der Waals surface area contributed by atoms with E-state index in [0.717, 1.165) is 28.7 Å². The molecule has 2 nitrogen and oxygen atoms in total. The number of hydrogen-bond acceptors (Lipinski definition) is 1. The monoisotopic (exact) mass is 254 g/mol. The maximum absolute atomic E-state index is 13.6. The van der Waals surface area contributed by atoms with Crippen LogP contribution in [0.25, 0.3) is 22.3 Å². The summed E-state index contributed by atoms with van der Waals surface area (Å²) in [5.74, 6) is -0.182. The van der Waals surface area contributed by atoms with Crippen LogP contribution in [0.4, 0.5) is 4.39 Å². The van der Waals surface area contributed by atoms with Crippen LogP contribution >= 0.6 is 0 Å². The molecule has 0 saturated carbocycles. The van der Waals surface area contributed by atoms with Crippen LogP contribution in [0.5, 0.6) is 0 Å². The van der Waals surface area contributed by atoms with Crippen molar-refractivity contribution in [2.75, 3.05) is 0 Å². The summed E-state index contributed by atoms with van der Waals surface area (Å²) in [6.07, 6.45) is 2.84. The molecule has 1 N–H and O–H groups in total. The number of benzene rings is 1. The zero-order valence-corrected chi connectivity index (χ0v) is 11.0. The Morgan fingerprint density at radius 1 is 1.26 bits per heavy atom. The van der Waals surface area contributed by atoms with Gasteiger partial charge in [0.1, 0.15) is 11.5 Å². The zero-order valence-electron chi connectivity index (χ0n) is 11.0. The molecule has 0 aliphatic carbocycles. The lowest BCUT2D eigenvalue weighted by Crippen LogP contribution is -1.87. The fraction of sp³-hybridized carbons (Fsp3) is 0.188. The number of H-pyrrole nitrogens is 1. The van der Waals surface area contributed by atoms with Crippen molar-refractivity contribution in [2.24, 2.45) is 0 Å². The summed E-state index contributed by atoms with van der Waals surface area (Å²) in [4.78, 5) is 7.65. The van der Waals surface area contributed by atoms with Crippen LogP contribution in [0.3, 0.4) is 0 Å². The molecule has 0 atom stereocenters. The van der Waals surface area contributed by atoms with E-state index in [4.69, 9.17) is 0 Å². The van der Waals surface area contributed by atoms with Gasteiger partial charge in [-0.25, -0.2) is 9.37 Å². The first kappa shape index (κ1) is 11.9. The smallest absolute Gasteiger partial charge is 0.137 e. The van der Waals surface area contributed by atoms with Gasteiger partial charge in [-0.1, -0.05) is 19.1 Å². The minimum atomic E-state index is -0.182. The standard InChI is InChI=1S/C16H15FN2/c1-3-11-7-12-8-15(19-16(12)18-9-11)13-5-4-6-14(17)10(13)2/h4-9H,3H2,1-2H3,(H,18,19). The van der Waals surface area contributed by atoms with Crippen molar-refractivity contribution in [1.29, 1.82) is 0 Å². The van der Waals surface area contributed by atoms with Gasteiger partial charge in [-0.2, -0.15) is 0 Å². The quantitative estimate of drug-likeness (QED) is 0.728. The van der Waals surface area contributed by atoms with Crippen LogP contribution in [0, 0.1) is 12.7 Å². The van der Waals surface area contributed by atoms with Crippen molar-refractivity contribution in [3.05, 3.63) is 53.5 Å². The maximum Gasteiger partial charge on any atom is 0.137 e. The third kappa shape index (κ3) is 2.01. The maximum atomic E-state index is 13.6. The topological polar surface area (TPSA) is 28.7 Å². The molecule has 3 aromatic rings. The predicted octanol–water partition coefficient (Wildman–Crippen LogP) is 4.24. The second-order valence-corrected chi connectivity index (χ2v) is 4.73. The number of hydrogen-bond donors (Lipinski definition) is 1. The van der Waals surface area contributed by atoms with Crippen molar-refractivity contribution in [3.8, 4) is 11.3 Å². The van der Waals surface area contributed by atoms with Crippen LogP contribution in [-0.2, 0) is 6.42 Å². The SMILES string of the molecule is CCc1cnc2[nH]c(-c3cccc(F)c3C)cc2c1. The molecule has 0 bridgehead atoms. The fourth-order valence-corrected chi connectivity index (χ4v) is 2.30. The largest absolute Gasteiger partial charge is 0.339 e. The van der Waals surface area contributed by atoms with Gasteiger partial charge >= 0.3 is 0 Å². The highest BCUT2D eigenvalue weighted by atomic mass is 19.1. The molecule has 3 rings (SSSR count). The van der Waals surface area contributed by atoms with E-state index in [9.17, 15) is 4.39 Å². The summed E-state index contributed by atoms with van der Waals surface area (Å²) in [5, 5.41) is 1.07. The number of aryl methyl sites for hydroxylation is 1. The second-order valence-electron chi connectivity index (χ2n) is 4.73. The number of pyridine rings is 1. The van der Waals surface area contributed by atoms with Gasteiger partial charge in [-0.05, 0) is 42.7 Å². The summed E-state index contributed by atoms with van der Waals surface area (Å²) in [5.41, 5.74) is 4.50. The van der Waals surface area contributed by atoms with E-state index in [-0.39, 0.29) is 5.82 Å². The fourth-order valence-electron chi connectivity index (χ4n) is 2.30. The predicted molar refractivity (Wildman–Crippen MR) is 75.6 cm³/mol. The minimum absolute atomic E-state index is 0.182. The lowest BCUT2D eigenvalue weighted by molar-refractivity contribution is 0.619. The van der Waals surface area contributed by atoms with Crippen molar-refractivity contribution in [1.82, 2.24) is 9.97 Å². The van der Waals surface area contributed by atoms with E-state index >= 15 is 0 Å². The van der Waals surface area contributed by atoms with Gasteiger partial charge in [0.2, 0.25) is 0 Å². The molecule has 96 valence electrons. The van der Waals surface area contributed by atoms with Crippen LogP contribution in [0.1, 0.15) is 18.1 Å². The summed E-state index contributed by atoms with van der Waals surface area (Å²) in [6.45, 7) is 3.90. The van der Waals surface area contributed by atoms with Gasteiger partial charge in [-0.3, -0.25) is 0 Å². The van der Waals surface area contributed by atoms with E-state index in [2.05, 4.69) is 23.0 Å².